The molecule has 0 radical (unpaired) electrons. The molecule has 0 aliphatic rings. The number of carboxylic acids is 1. The number of aliphatic carboxylic acids is 1. The maximum absolute atomic E-state index is 10.7. The second-order valence-corrected chi connectivity index (χ2v) is 4.76. The molecule has 1 aromatic carbocycles. The summed E-state index contributed by atoms with van der Waals surface area (Å²) < 4.78 is 1.60. The highest BCUT2D eigenvalue weighted by atomic mass is 16.4. The summed E-state index contributed by atoms with van der Waals surface area (Å²) in [5.74, 6) is -0.294. The Bertz CT molecular complexity index is 745. The Morgan fingerprint density at radius 2 is 2.24 bits per heavy atom. The van der Waals surface area contributed by atoms with Crippen LogP contribution in [0.15, 0.2) is 30.5 Å². The summed E-state index contributed by atoms with van der Waals surface area (Å²) >= 11 is 0. The molecule has 21 heavy (non-hydrogen) atoms. The number of nitrogens with zero attached hydrogens (tertiary/aromatic N) is 4. The smallest absolute Gasteiger partial charge is 0.320 e. The summed E-state index contributed by atoms with van der Waals surface area (Å²) in [5, 5.41) is 16.6. The van der Waals surface area contributed by atoms with E-state index in [2.05, 4.69) is 20.3 Å². The van der Waals surface area contributed by atoms with Gasteiger partial charge in [0.1, 0.15) is 18.4 Å². The molecule has 4 N–H and O–H groups in total. The van der Waals surface area contributed by atoms with Crippen LogP contribution in [0.3, 0.4) is 0 Å². The highest BCUT2D eigenvalue weighted by Crippen LogP contribution is 2.11. The van der Waals surface area contributed by atoms with E-state index in [1.54, 1.807) is 10.9 Å². The second kappa shape index (κ2) is 5.33. The number of carbonyl (C=O) groups is 1. The number of nitrogens with two attached hydrogens (primary N) is 1. The molecule has 0 amide bonds. The summed E-state index contributed by atoms with van der Waals surface area (Å²) in [6, 6.07) is 6.76. The monoisotopic (exact) mass is 286 g/mol. The first-order valence-electron chi connectivity index (χ1n) is 6.43. The van der Waals surface area contributed by atoms with Gasteiger partial charge < -0.3 is 15.8 Å². The van der Waals surface area contributed by atoms with Gasteiger partial charge in [0, 0.05) is 12.6 Å². The number of rotatable bonds is 5. The molecule has 0 spiro atoms. The minimum Gasteiger partial charge on any atom is -0.480 e. The quantitative estimate of drug-likeness (QED) is 0.614. The van der Waals surface area contributed by atoms with Gasteiger partial charge in [-0.15, -0.1) is 5.10 Å². The highest BCUT2D eigenvalue weighted by molar-refractivity contribution is 5.74. The van der Waals surface area contributed by atoms with Crippen LogP contribution in [0.1, 0.15) is 11.5 Å². The number of imidazole rings is 1. The van der Waals surface area contributed by atoms with Crippen LogP contribution >= 0.6 is 0 Å². The maximum Gasteiger partial charge on any atom is 0.320 e. The number of benzene rings is 1. The van der Waals surface area contributed by atoms with Crippen LogP contribution in [0.5, 0.6) is 0 Å². The first kappa shape index (κ1) is 13.3. The van der Waals surface area contributed by atoms with Crippen LogP contribution in [0.4, 0.5) is 0 Å². The number of H-pyrrole nitrogens is 1. The molecule has 1 unspecified atom stereocenters. The van der Waals surface area contributed by atoms with Crippen molar-refractivity contribution in [1.29, 1.82) is 0 Å². The molecule has 0 aliphatic carbocycles. The van der Waals surface area contributed by atoms with Crippen molar-refractivity contribution in [3.05, 3.63) is 42.0 Å². The zero-order valence-corrected chi connectivity index (χ0v) is 11.1. The van der Waals surface area contributed by atoms with E-state index in [9.17, 15) is 4.79 Å². The van der Waals surface area contributed by atoms with Crippen LogP contribution < -0.4 is 5.73 Å². The van der Waals surface area contributed by atoms with Crippen molar-refractivity contribution >= 4 is 17.0 Å². The van der Waals surface area contributed by atoms with E-state index >= 15 is 0 Å². The van der Waals surface area contributed by atoms with E-state index in [1.165, 1.54) is 0 Å². The Kier molecular flexibility index (Phi) is 3.36. The zero-order chi connectivity index (χ0) is 14.8. The van der Waals surface area contributed by atoms with Crippen molar-refractivity contribution in [3.8, 4) is 0 Å². The van der Waals surface area contributed by atoms with Gasteiger partial charge in [0.2, 0.25) is 0 Å². The largest absolute Gasteiger partial charge is 0.480 e. The standard InChI is InChI=1S/C13H14N6O2/c14-9(13(20)21)5-8-6-19(18-17-8)7-12-15-10-3-1-2-4-11(10)16-12/h1-4,6,9H,5,7,14H2,(H,15,16)(H,20,21). The van der Waals surface area contributed by atoms with Crippen LogP contribution in [-0.2, 0) is 17.8 Å². The van der Waals surface area contributed by atoms with Gasteiger partial charge in [0.05, 0.1) is 16.7 Å². The summed E-state index contributed by atoms with van der Waals surface area (Å²) in [6.07, 6.45) is 1.82. The molecule has 3 rings (SSSR count). The van der Waals surface area contributed by atoms with Crippen molar-refractivity contribution < 1.29 is 9.90 Å². The average Bonchev–Trinajstić information content (AvgIpc) is 3.05. The number of hydrogen-bond acceptors (Lipinski definition) is 5. The summed E-state index contributed by atoms with van der Waals surface area (Å²) in [5.41, 5.74) is 7.86. The number of para-hydroxylation sites is 2. The molecule has 0 aliphatic heterocycles. The fourth-order valence-corrected chi connectivity index (χ4v) is 2.06. The minimum atomic E-state index is -1.05. The van der Waals surface area contributed by atoms with Gasteiger partial charge in [-0.1, -0.05) is 17.3 Å². The van der Waals surface area contributed by atoms with E-state index in [0.717, 1.165) is 16.9 Å². The SMILES string of the molecule is NC(Cc1cn(Cc2nc3ccccc3[nH]2)nn1)C(=O)O. The topological polar surface area (TPSA) is 123 Å². The van der Waals surface area contributed by atoms with Crippen molar-refractivity contribution in [2.75, 3.05) is 0 Å². The molecular formula is C13H14N6O2. The van der Waals surface area contributed by atoms with Crippen molar-refractivity contribution in [1.82, 2.24) is 25.0 Å². The molecule has 108 valence electrons. The predicted octanol–water partition coefficient (Wildman–Crippen LogP) is 0.157. The highest BCUT2D eigenvalue weighted by Gasteiger charge is 2.14. The molecular weight excluding hydrogens is 272 g/mol. The van der Waals surface area contributed by atoms with E-state index in [0.29, 0.717) is 12.2 Å². The Morgan fingerprint density at radius 3 is 3.00 bits per heavy atom. The fourth-order valence-electron chi connectivity index (χ4n) is 2.06. The minimum absolute atomic E-state index is 0.148. The number of aromatic amines is 1. The summed E-state index contributed by atoms with van der Waals surface area (Å²) in [6.45, 7) is 0.435. The molecule has 0 saturated carbocycles. The average molecular weight is 286 g/mol. The lowest BCUT2D eigenvalue weighted by Crippen LogP contribution is -2.32. The lowest BCUT2D eigenvalue weighted by Gasteiger charge is -2.01. The van der Waals surface area contributed by atoms with Gasteiger partial charge in [0.15, 0.2) is 0 Å². The molecule has 0 fully saturated rings. The van der Waals surface area contributed by atoms with Crippen molar-refractivity contribution in [2.45, 2.75) is 19.0 Å². The number of fused-ring (bicyclic) bond motifs is 1. The first-order valence-corrected chi connectivity index (χ1v) is 6.43. The number of nitrogens with one attached hydrogen (secondary N) is 1. The molecule has 2 heterocycles. The van der Waals surface area contributed by atoms with Crippen LogP contribution in [0.25, 0.3) is 11.0 Å². The van der Waals surface area contributed by atoms with Crippen molar-refractivity contribution in [3.63, 3.8) is 0 Å². The molecule has 8 heteroatoms. The number of hydrogen-bond donors (Lipinski definition) is 3. The van der Waals surface area contributed by atoms with Gasteiger partial charge in [-0.05, 0) is 12.1 Å². The van der Waals surface area contributed by atoms with Gasteiger partial charge in [-0.25, -0.2) is 9.67 Å². The molecule has 1 atom stereocenters. The second-order valence-electron chi connectivity index (χ2n) is 4.76. The van der Waals surface area contributed by atoms with Gasteiger partial charge in [-0.2, -0.15) is 0 Å². The van der Waals surface area contributed by atoms with Crippen LogP contribution in [0.2, 0.25) is 0 Å². The Morgan fingerprint density at radius 1 is 1.43 bits per heavy atom. The third-order valence-electron chi connectivity index (χ3n) is 3.08. The normalized spacial score (nSPS) is 12.6. The Balaban J connectivity index is 1.73. The van der Waals surface area contributed by atoms with Crippen LogP contribution in [0, 0.1) is 0 Å². The molecule has 0 saturated heterocycles. The first-order chi connectivity index (χ1) is 10.1. The maximum atomic E-state index is 10.7. The van der Waals surface area contributed by atoms with Gasteiger partial charge in [0.25, 0.3) is 0 Å². The van der Waals surface area contributed by atoms with Gasteiger partial charge in [-0.3, -0.25) is 4.79 Å². The molecule has 8 nitrogen and oxygen atoms in total. The van der Waals surface area contributed by atoms with E-state index in [-0.39, 0.29) is 6.42 Å². The molecule has 3 aromatic rings. The fraction of sp³-hybridized carbons (Fsp3) is 0.231. The number of aromatic nitrogens is 5. The third kappa shape index (κ3) is 2.90. The van der Waals surface area contributed by atoms with Crippen LogP contribution in [-0.4, -0.2) is 42.1 Å². The Hall–Kier alpha value is -2.74. The third-order valence-corrected chi connectivity index (χ3v) is 3.08. The van der Waals surface area contributed by atoms with E-state index in [1.807, 2.05) is 24.3 Å². The number of carboxylic acid groups (broad SMARTS) is 1. The van der Waals surface area contributed by atoms with Crippen molar-refractivity contribution in [2.24, 2.45) is 5.73 Å². The molecule has 2 aromatic heterocycles. The predicted molar refractivity (Wildman–Crippen MR) is 74.5 cm³/mol. The molecule has 0 bridgehead atoms. The van der Waals surface area contributed by atoms with E-state index < -0.39 is 12.0 Å². The van der Waals surface area contributed by atoms with Gasteiger partial charge >= 0.3 is 5.97 Å². The Labute approximate surface area is 119 Å². The zero-order valence-electron chi connectivity index (χ0n) is 11.1. The van der Waals surface area contributed by atoms with E-state index in [4.69, 9.17) is 10.8 Å². The lowest BCUT2D eigenvalue weighted by molar-refractivity contribution is -0.138. The summed E-state index contributed by atoms with van der Waals surface area (Å²) in [4.78, 5) is 18.3. The lowest BCUT2D eigenvalue weighted by atomic mass is 10.2. The summed E-state index contributed by atoms with van der Waals surface area (Å²) in [7, 11) is 0.